The maximum Gasteiger partial charge on any atom is 0.228 e. The van der Waals surface area contributed by atoms with Gasteiger partial charge in [0, 0.05) is 6.20 Å². The highest BCUT2D eigenvalue weighted by Crippen LogP contribution is 2.27. The zero-order chi connectivity index (χ0) is 16.7. The minimum Gasteiger partial charge on any atom is -0.493 e. The molecule has 0 spiro atoms. The SMILES string of the molecule is COc1ccc(C=CNC(=O)Cc2ccccc2C)cc1OC. The van der Waals surface area contributed by atoms with E-state index in [0.717, 1.165) is 16.7 Å². The van der Waals surface area contributed by atoms with E-state index in [0.29, 0.717) is 17.9 Å². The standard InChI is InChI=1S/C19H21NO3/c1-14-6-4-5-7-16(14)13-19(21)20-11-10-15-8-9-17(22-2)18(12-15)23-3/h4-12H,13H2,1-3H3,(H,20,21). The van der Waals surface area contributed by atoms with Crippen molar-refractivity contribution in [3.8, 4) is 11.5 Å². The van der Waals surface area contributed by atoms with Crippen LogP contribution in [0.4, 0.5) is 0 Å². The van der Waals surface area contributed by atoms with Crippen LogP contribution in [0, 0.1) is 6.92 Å². The molecule has 0 atom stereocenters. The third kappa shape index (κ3) is 4.61. The molecule has 23 heavy (non-hydrogen) atoms. The molecule has 0 saturated heterocycles. The molecule has 0 aliphatic heterocycles. The summed E-state index contributed by atoms with van der Waals surface area (Å²) in [6.07, 6.45) is 3.82. The number of methoxy groups -OCH3 is 2. The van der Waals surface area contributed by atoms with Crippen molar-refractivity contribution in [3.63, 3.8) is 0 Å². The molecule has 4 nitrogen and oxygen atoms in total. The topological polar surface area (TPSA) is 47.6 Å². The Hall–Kier alpha value is -2.75. The molecule has 2 rings (SSSR count). The Bertz CT molecular complexity index is 708. The van der Waals surface area contributed by atoms with E-state index in [1.807, 2.05) is 55.5 Å². The lowest BCUT2D eigenvalue weighted by molar-refractivity contribution is -0.119. The van der Waals surface area contributed by atoms with Gasteiger partial charge in [0.05, 0.1) is 20.6 Å². The van der Waals surface area contributed by atoms with Crippen LogP contribution in [0.1, 0.15) is 16.7 Å². The Labute approximate surface area is 136 Å². The van der Waals surface area contributed by atoms with Crippen LogP contribution >= 0.6 is 0 Å². The highest BCUT2D eigenvalue weighted by atomic mass is 16.5. The number of carbonyl (C=O) groups is 1. The number of ether oxygens (including phenoxy) is 2. The van der Waals surface area contributed by atoms with Crippen LogP contribution in [0.3, 0.4) is 0 Å². The van der Waals surface area contributed by atoms with Gasteiger partial charge in [-0.2, -0.15) is 0 Å². The number of amides is 1. The van der Waals surface area contributed by atoms with Crippen LogP contribution in [0.5, 0.6) is 11.5 Å². The van der Waals surface area contributed by atoms with E-state index in [1.165, 1.54) is 0 Å². The van der Waals surface area contributed by atoms with Crippen LogP contribution in [-0.4, -0.2) is 20.1 Å². The van der Waals surface area contributed by atoms with E-state index in [2.05, 4.69) is 5.32 Å². The van der Waals surface area contributed by atoms with Crippen molar-refractivity contribution in [2.75, 3.05) is 14.2 Å². The predicted octanol–water partition coefficient (Wildman–Crippen LogP) is 3.34. The molecular formula is C19H21NO3. The maximum absolute atomic E-state index is 12.0. The lowest BCUT2D eigenvalue weighted by atomic mass is 10.1. The maximum atomic E-state index is 12.0. The molecule has 2 aromatic carbocycles. The van der Waals surface area contributed by atoms with Gasteiger partial charge in [-0.1, -0.05) is 30.3 Å². The van der Waals surface area contributed by atoms with Gasteiger partial charge in [-0.3, -0.25) is 4.79 Å². The first-order chi connectivity index (χ1) is 11.1. The Morgan fingerprint density at radius 2 is 1.83 bits per heavy atom. The summed E-state index contributed by atoms with van der Waals surface area (Å²) >= 11 is 0. The van der Waals surface area contributed by atoms with Crippen molar-refractivity contribution in [1.82, 2.24) is 5.32 Å². The summed E-state index contributed by atoms with van der Waals surface area (Å²) in [5, 5.41) is 2.78. The van der Waals surface area contributed by atoms with Crippen LogP contribution in [0.25, 0.3) is 6.08 Å². The van der Waals surface area contributed by atoms with Crippen LogP contribution in [0.15, 0.2) is 48.7 Å². The van der Waals surface area contributed by atoms with Crippen molar-refractivity contribution in [3.05, 3.63) is 65.4 Å². The van der Waals surface area contributed by atoms with Gasteiger partial charge in [0.2, 0.25) is 5.91 Å². The predicted molar refractivity (Wildman–Crippen MR) is 91.6 cm³/mol. The highest BCUT2D eigenvalue weighted by molar-refractivity contribution is 5.80. The lowest BCUT2D eigenvalue weighted by Gasteiger charge is -2.07. The minimum absolute atomic E-state index is 0.0453. The third-order valence-corrected chi connectivity index (χ3v) is 3.54. The van der Waals surface area contributed by atoms with Gasteiger partial charge in [0.15, 0.2) is 11.5 Å². The van der Waals surface area contributed by atoms with Gasteiger partial charge in [-0.05, 0) is 41.8 Å². The average Bonchev–Trinajstić information content (AvgIpc) is 2.56. The number of hydrogen-bond donors (Lipinski definition) is 1. The van der Waals surface area contributed by atoms with Crippen LogP contribution < -0.4 is 14.8 Å². The fourth-order valence-corrected chi connectivity index (χ4v) is 2.22. The summed E-state index contributed by atoms with van der Waals surface area (Å²) in [5.41, 5.74) is 3.06. The number of hydrogen-bond acceptors (Lipinski definition) is 3. The van der Waals surface area contributed by atoms with Gasteiger partial charge in [-0.15, -0.1) is 0 Å². The molecule has 0 saturated carbocycles. The monoisotopic (exact) mass is 311 g/mol. The van der Waals surface area contributed by atoms with Gasteiger partial charge in [0.25, 0.3) is 0 Å². The summed E-state index contributed by atoms with van der Waals surface area (Å²) in [4.78, 5) is 12.0. The lowest BCUT2D eigenvalue weighted by Crippen LogP contribution is -2.19. The molecule has 0 fully saturated rings. The molecule has 0 unspecified atom stereocenters. The smallest absolute Gasteiger partial charge is 0.228 e. The number of carbonyl (C=O) groups excluding carboxylic acids is 1. The molecule has 0 aromatic heterocycles. The van der Waals surface area contributed by atoms with Crippen molar-refractivity contribution >= 4 is 12.0 Å². The van der Waals surface area contributed by atoms with E-state index in [4.69, 9.17) is 9.47 Å². The second-order valence-corrected chi connectivity index (χ2v) is 5.12. The van der Waals surface area contributed by atoms with Crippen molar-refractivity contribution in [1.29, 1.82) is 0 Å². The summed E-state index contributed by atoms with van der Waals surface area (Å²) < 4.78 is 10.4. The third-order valence-electron chi connectivity index (χ3n) is 3.54. The van der Waals surface area contributed by atoms with E-state index < -0.39 is 0 Å². The molecule has 2 aromatic rings. The first-order valence-electron chi connectivity index (χ1n) is 7.36. The number of aryl methyl sites for hydroxylation is 1. The highest BCUT2D eigenvalue weighted by Gasteiger charge is 2.04. The second-order valence-electron chi connectivity index (χ2n) is 5.12. The quantitative estimate of drug-likeness (QED) is 0.890. The minimum atomic E-state index is -0.0453. The molecule has 120 valence electrons. The Morgan fingerprint density at radius 3 is 2.52 bits per heavy atom. The van der Waals surface area contributed by atoms with E-state index in [-0.39, 0.29) is 5.91 Å². The molecule has 0 aliphatic carbocycles. The van der Waals surface area contributed by atoms with Gasteiger partial charge in [-0.25, -0.2) is 0 Å². The average molecular weight is 311 g/mol. The van der Waals surface area contributed by atoms with Crippen LogP contribution in [0.2, 0.25) is 0 Å². The molecule has 0 heterocycles. The van der Waals surface area contributed by atoms with E-state index in [9.17, 15) is 4.79 Å². The summed E-state index contributed by atoms with van der Waals surface area (Å²) in [5.74, 6) is 1.28. The van der Waals surface area contributed by atoms with Crippen LogP contribution in [-0.2, 0) is 11.2 Å². The molecule has 1 amide bonds. The van der Waals surface area contributed by atoms with Crippen molar-refractivity contribution < 1.29 is 14.3 Å². The normalized spacial score (nSPS) is 10.6. The zero-order valence-corrected chi connectivity index (χ0v) is 13.6. The van der Waals surface area contributed by atoms with Gasteiger partial charge in [0.1, 0.15) is 0 Å². The van der Waals surface area contributed by atoms with Gasteiger partial charge < -0.3 is 14.8 Å². The first kappa shape index (κ1) is 16.6. The van der Waals surface area contributed by atoms with Gasteiger partial charge >= 0.3 is 0 Å². The summed E-state index contributed by atoms with van der Waals surface area (Å²) in [7, 11) is 3.19. The molecule has 0 bridgehead atoms. The number of benzene rings is 2. The van der Waals surface area contributed by atoms with E-state index >= 15 is 0 Å². The largest absolute Gasteiger partial charge is 0.493 e. The van der Waals surface area contributed by atoms with E-state index in [1.54, 1.807) is 20.4 Å². The molecule has 0 radical (unpaired) electrons. The fraction of sp³-hybridized carbons (Fsp3) is 0.211. The Morgan fingerprint density at radius 1 is 1.09 bits per heavy atom. The zero-order valence-electron chi connectivity index (χ0n) is 13.6. The first-order valence-corrected chi connectivity index (χ1v) is 7.36. The molecule has 0 aliphatic rings. The summed E-state index contributed by atoms with van der Waals surface area (Å²) in [6, 6.07) is 13.4. The Kier molecular flexibility index (Phi) is 5.80. The van der Waals surface area contributed by atoms with Crippen molar-refractivity contribution in [2.24, 2.45) is 0 Å². The Balaban J connectivity index is 1.96. The van der Waals surface area contributed by atoms with Crippen molar-refractivity contribution in [2.45, 2.75) is 13.3 Å². The molecule has 4 heteroatoms. The fourth-order valence-electron chi connectivity index (χ4n) is 2.22. The summed E-state index contributed by atoms with van der Waals surface area (Å²) in [6.45, 7) is 2.00. The number of nitrogens with one attached hydrogen (secondary N) is 1. The molecular weight excluding hydrogens is 290 g/mol. The second kappa shape index (κ2) is 8.03. The molecule has 1 N–H and O–H groups in total. The number of rotatable bonds is 6.